The summed E-state index contributed by atoms with van der Waals surface area (Å²) < 4.78 is 5.34. The number of nitrogens with one attached hydrogen (secondary N) is 1. The maximum atomic E-state index is 5.34. The molecular formula is C16H25NO. The molecule has 2 atom stereocenters. The Kier molecular flexibility index (Phi) is 4.79. The minimum absolute atomic E-state index is 0.431. The Morgan fingerprint density at radius 3 is 2.39 bits per heavy atom. The van der Waals surface area contributed by atoms with Crippen LogP contribution in [0, 0.1) is 11.8 Å². The summed E-state index contributed by atoms with van der Waals surface area (Å²) in [5.41, 5.74) is 1.42. The molecule has 2 nitrogen and oxygen atoms in total. The number of methoxy groups -OCH3 is 1. The first-order valence-corrected chi connectivity index (χ1v) is 7.02. The van der Waals surface area contributed by atoms with Crippen molar-refractivity contribution in [3.05, 3.63) is 35.9 Å². The normalized spacial score (nSPS) is 18.9. The number of hydrogen-bond acceptors (Lipinski definition) is 2. The van der Waals surface area contributed by atoms with Gasteiger partial charge < -0.3 is 10.1 Å². The number of rotatable bonds is 7. The number of hydrogen-bond donors (Lipinski definition) is 1. The van der Waals surface area contributed by atoms with E-state index >= 15 is 0 Å². The molecule has 100 valence electrons. The SMILES string of the molecule is COCC(NC(c1ccccc1)C1CC1)C(C)C. The second-order valence-electron chi connectivity index (χ2n) is 5.70. The van der Waals surface area contributed by atoms with Crippen molar-refractivity contribution in [1.29, 1.82) is 0 Å². The van der Waals surface area contributed by atoms with Gasteiger partial charge in [-0.1, -0.05) is 44.2 Å². The zero-order valence-corrected chi connectivity index (χ0v) is 11.7. The minimum Gasteiger partial charge on any atom is -0.383 e. The van der Waals surface area contributed by atoms with E-state index in [1.165, 1.54) is 18.4 Å². The second-order valence-corrected chi connectivity index (χ2v) is 5.70. The fraction of sp³-hybridized carbons (Fsp3) is 0.625. The van der Waals surface area contributed by atoms with E-state index in [0.717, 1.165) is 12.5 Å². The predicted octanol–water partition coefficient (Wildman–Crippen LogP) is 3.40. The largest absolute Gasteiger partial charge is 0.383 e. The Balaban J connectivity index is 2.06. The van der Waals surface area contributed by atoms with Gasteiger partial charge in [-0.25, -0.2) is 0 Å². The van der Waals surface area contributed by atoms with Crippen LogP contribution in [0.25, 0.3) is 0 Å². The smallest absolute Gasteiger partial charge is 0.0618 e. The average Bonchev–Trinajstić information content (AvgIpc) is 3.19. The van der Waals surface area contributed by atoms with Crippen LogP contribution in [0.5, 0.6) is 0 Å². The van der Waals surface area contributed by atoms with Gasteiger partial charge in [-0.05, 0) is 30.2 Å². The lowest BCUT2D eigenvalue weighted by Crippen LogP contribution is -2.40. The van der Waals surface area contributed by atoms with Crippen LogP contribution >= 0.6 is 0 Å². The van der Waals surface area contributed by atoms with E-state index in [1.54, 1.807) is 7.11 Å². The van der Waals surface area contributed by atoms with Crippen LogP contribution in [-0.2, 0) is 4.74 Å². The molecule has 0 saturated heterocycles. The number of ether oxygens (including phenoxy) is 1. The second kappa shape index (κ2) is 6.35. The van der Waals surface area contributed by atoms with Crippen LogP contribution in [0.2, 0.25) is 0 Å². The standard InChI is InChI=1S/C16H25NO/c1-12(2)15(11-18-3)17-16(14-9-10-14)13-7-5-4-6-8-13/h4-8,12,14-17H,9-11H2,1-3H3. The van der Waals surface area contributed by atoms with E-state index in [9.17, 15) is 0 Å². The van der Waals surface area contributed by atoms with Crippen molar-refractivity contribution in [1.82, 2.24) is 5.32 Å². The molecule has 1 fully saturated rings. The highest BCUT2D eigenvalue weighted by atomic mass is 16.5. The van der Waals surface area contributed by atoms with Crippen LogP contribution in [0.1, 0.15) is 38.3 Å². The Morgan fingerprint density at radius 1 is 1.22 bits per heavy atom. The van der Waals surface area contributed by atoms with Gasteiger partial charge in [0.15, 0.2) is 0 Å². The molecule has 0 radical (unpaired) electrons. The maximum Gasteiger partial charge on any atom is 0.0618 e. The summed E-state index contributed by atoms with van der Waals surface area (Å²) >= 11 is 0. The zero-order chi connectivity index (χ0) is 13.0. The summed E-state index contributed by atoms with van der Waals surface area (Å²) in [5.74, 6) is 1.40. The van der Waals surface area contributed by atoms with E-state index in [0.29, 0.717) is 18.0 Å². The number of benzene rings is 1. The molecule has 2 rings (SSSR count). The molecule has 18 heavy (non-hydrogen) atoms. The van der Waals surface area contributed by atoms with Gasteiger partial charge >= 0.3 is 0 Å². The van der Waals surface area contributed by atoms with Crippen LogP contribution in [0.15, 0.2) is 30.3 Å². The molecule has 1 aromatic rings. The van der Waals surface area contributed by atoms with Gasteiger partial charge in [0.2, 0.25) is 0 Å². The van der Waals surface area contributed by atoms with Gasteiger partial charge in [-0.2, -0.15) is 0 Å². The summed E-state index contributed by atoms with van der Waals surface area (Å²) in [7, 11) is 1.78. The lowest BCUT2D eigenvalue weighted by atomic mass is 9.98. The quantitative estimate of drug-likeness (QED) is 0.797. The average molecular weight is 247 g/mol. The van der Waals surface area contributed by atoms with Crippen molar-refractivity contribution in [2.24, 2.45) is 11.8 Å². The maximum absolute atomic E-state index is 5.34. The highest BCUT2D eigenvalue weighted by Gasteiger charge is 2.33. The first-order chi connectivity index (χ1) is 8.72. The summed E-state index contributed by atoms with van der Waals surface area (Å²) in [6.45, 7) is 5.30. The zero-order valence-electron chi connectivity index (χ0n) is 11.7. The minimum atomic E-state index is 0.431. The molecule has 1 N–H and O–H groups in total. The van der Waals surface area contributed by atoms with Crippen molar-refractivity contribution in [3.8, 4) is 0 Å². The predicted molar refractivity (Wildman–Crippen MR) is 75.5 cm³/mol. The summed E-state index contributed by atoms with van der Waals surface area (Å²) in [6.07, 6.45) is 2.70. The van der Waals surface area contributed by atoms with E-state index in [-0.39, 0.29) is 0 Å². The van der Waals surface area contributed by atoms with E-state index in [1.807, 2.05) is 0 Å². The molecule has 0 amide bonds. The third-order valence-corrected chi connectivity index (χ3v) is 3.80. The van der Waals surface area contributed by atoms with E-state index in [2.05, 4.69) is 49.5 Å². The highest BCUT2D eigenvalue weighted by Crippen LogP contribution is 2.41. The molecule has 1 aliphatic carbocycles. The molecule has 1 aliphatic rings. The summed E-state index contributed by atoms with van der Waals surface area (Å²) in [4.78, 5) is 0. The molecule has 0 aromatic heterocycles. The van der Waals surface area contributed by atoms with Crippen molar-refractivity contribution >= 4 is 0 Å². The topological polar surface area (TPSA) is 21.3 Å². The first kappa shape index (κ1) is 13.6. The lowest BCUT2D eigenvalue weighted by Gasteiger charge is -2.28. The van der Waals surface area contributed by atoms with Crippen molar-refractivity contribution in [2.75, 3.05) is 13.7 Å². The van der Waals surface area contributed by atoms with Crippen LogP contribution < -0.4 is 5.32 Å². The van der Waals surface area contributed by atoms with Gasteiger partial charge in [-0.15, -0.1) is 0 Å². The molecule has 2 heteroatoms. The van der Waals surface area contributed by atoms with Crippen molar-refractivity contribution in [2.45, 2.75) is 38.8 Å². The van der Waals surface area contributed by atoms with E-state index in [4.69, 9.17) is 4.74 Å². The van der Waals surface area contributed by atoms with Gasteiger partial charge in [0, 0.05) is 19.2 Å². The Labute approximate surface area is 111 Å². The third kappa shape index (κ3) is 3.56. The van der Waals surface area contributed by atoms with Crippen molar-refractivity contribution in [3.63, 3.8) is 0 Å². The Bertz CT molecular complexity index is 345. The first-order valence-electron chi connectivity index (χ1n) is 7.02. The molecule has 0 heterocycles. The molecule has 1 saturated carbocycles. The van der Waals surface area contributed by atoms with Crippen LogP contribution in [0.3, 0.4) is 0 Å². The molecular weight excluding hydrogens is 222 g/mol. The van der Waals surface area contributed by atoms with Crippen molar-refractivity contribution < 1.29 is 4.74 Å². The molecule has 0 spiro atoms. The fourth-order valence-electron chi connectivity index (χ4n) is 2.44. The third-order valence-electron chi connectivity index (χ3n) is 3.80. The van der Waals surface area contributed by atoms with Gasteiger partial charge in [0.1, 0.15) is 0 Å². The molecule has 1 aromatic carbocycles. The van der Waals surface area contributed by atoms with Gasteiger partial charge in [-0.3, -0.25) is 0 Å². The summed E-state index contributed by atoms with van der Waals surface area (Å²) in [5, 5.41) is 3.81. The Morgan fingerprint density at radius 2 is 1.89 bits per heavy atom. The lowest BCUT2D eigenvalue weighted by molar-refractivity contribution is 0.138. The van der Waals surface area contributed by atoms with Gasteiger partial charge in [0.05, 0.1) is 6.61 Å². The molecule has 0 bridgehead atoms. The van der Waals surface area contributed by atoms with Crippen LogP contribution in [-0.4, -0.2) is 19.8 Å². The van der Waals surface area contributed by atoms with E-state index < -0.39 is 0 Å². The van der Waals surface area contributed by atoms with Crippen LogP contribution in [0.4, 0.5) is 0 Å². The van der Waals surface area contributed by atoms with Gasteiger partial charge in [0.25, 0.3) is 0 Å². The molecule has 0 aliphatic heterocycles. The monoisotopic (exact) mass is 247 g/mol. The fourth-order valence-corrected chi connectivity index (χ4v) is 2.44. The summed E-state index contributed by atoms with van der Waals surface area (Å²) in [6, 6.07) is 11.7. The highest BCUT2D eigenvalue weighted by molar-refractivity contribution is 5.21. The molecule has 2 unspecified atom stereocenters. The Hall–Kier alpha value is -0.860.